The fourth-order valence-corrected chi connectivity index (χ4v) is 1.84. The van der Waals surface area contributed by atoms with Gasteiger partial charge in [0.15, 0.2) is 0 Å². The van der Waals surface area contributed by atoms with Gasteiger partial charge in [-0.3, -0.25) is 9.59 Å². The number of amides is 1. The zero-order valence-electron chi connectivity index (χ0n) is 10.9. The van der Waals surface area contributed by atoms with E-state index in [-0.39, 0.29) is 0 Å². The topological polar surface area (TPSA) is 37.4 Å². The van der Waals surface area contributed by atoms with Crippen LogP contribution in [0.4, 0.5) is 0 Å². The van der Waals surface area contributed by atoms with Crippen molar-refractivity contribution < 1.29 is 9.59 Å². The summed E-state index contributed by atoms with van der Waals surface area (Å²) < 4.78 is 0. The van der Waals surface area contributed by atoms with Gasteiger partial charge in [0, 0.05) is 18.7 Å². The Balaban J connectivity index is 3.00. The third kappa shape index (κ3) is 2.93. The molecule has 0 aliphatic rings. The summed E-state index contributed by atoms with van der Waals surface area (Å²) in [6.45, 7) is 8.69. The second kappa shape index (κ2) is 5.62. The standard InChI is InChI=1S/C14H19NO2/c1-5-15(6-2)14(17)13(16)12-8-7-10(3)9-11(12)4/h7-9H,5-6H2,1-4H3. The van der Waals surface area contributed by atoms with Gasteiger partial charge >= 0.3 is 0 Å². The van der Waals surface area contributed by atoms with Crippen molar-refractivity contribution in [2.45, 2.75) is 27.7 Å². The van der Waals surface area contributed by atoms with E-state index in [2.05, 4.69) is 0 Å². The number of likely N-dealkylation sites (N-methyl/N-ethyl adjacent to an activating group) is 1. The van der Waals surface area contributed by atoms with E-state index in [1.54, 1.807) is 11.0 Å². The van der Waals surface area contributed by atoms with Gasteiger partial charge in [-0.05, 0) is 33.3 Å². The van der Waals surface area contributed by atoms with Crippen molar-refractivity contribution >= 4 is 11.7 Å². The van der Waals surface area contributed by atoms with E-state index in [0.29, 0.717) is 18.7 Å². The molecule has 0 atom stereocenters. The zero-order valence-corrected chi connectivity index (χ0v) is 10.9. The van der Waals surface area contributed by atoms with E-state index in [9.17, 15) is 9.59 Å². The molecule has 1 aromatic rings. The van der Waals surface area contributed by atoms with Gasteiger partial charge in [0.25, 0.3) is 11.7 Å². The fraction of sp³-hybridized carbons (Fsp3) is 0.429. The molecule has 0 aromatic heterocycles. The maximum absolute atomic E-state index is 12.0. The van der Waals surface area contributed by atoms with Crippen LogP contribution in [0.3, 0.4) is 0 Å². The molecular weight excluding hydrogens is 214 g/mol. The summed E-state index contributed by atoms with van der Waals surface area (Å²) in [6.07, 6.45) is 0. The Morgan fingerprint density at radius 2 is 1.71 bits per heavy atom. The van der Waals surface area contributed by atoms with Crippen LogP contribution in [0.5, 0.6) is 0 Å². The highest BCUT2D eigenvalue weighted by molar-refractivity contribution is 6.43. The van der Waals surface area contributed by atoms with Crippen molar-refractivity contribution in [1.29, 1.82) is 0 Å². The normalized spacial score (nSPS) is 10.1. The number of hydrogen-bond donors (Lipinski definition) is 0. The van der Waals surface area contributed by atoms with Crippen molar-refractivity contribution in [3.8, 4) is 0 Å². The molecule has 0 N–H and O–H groups in total. The summed E-state index contributed by atoms with van der Waals surface area (Å²) in [4.78, 5) is 25.5. The highest BCUT2D eigenvalue weighted by Gasteiger charge is 2.22. The number of hydrogen-bond acceptors (Lipinski definition) is 2. The fourth-order valence-electron chi connectivity index (χ4n) is 1.84. The van der Waals surface area contributed by atoms with Crippen LogP contribution < -0.4 is 0 Å². The van der Waals surface area contributed by atoms with Gasteiger partial charge in [0.1, 0.15) is 0 Å². The molecule has 1 aromatic carbocycles. The van der Waals surface area contributed by atoms with Crippen molar-refractivity contribution in [3.63, 3.8) is 0 Å². The first-order chi connectivity index (χ1) is 8.01. The van der Waals surface area contributed by atoms with Crippen molar-refractivity contribution in [3.05, 3.63) is 34.9 Å². The molecular formula is C14H19NO2. The van der Waals surface area contributed by atoms with E-state index in [0.717, 1.165) is 11.1 Å². The Kier molecular flexibility index (Phi) is 4.44. The smallest absolute Gasteiger partial charge is 0.294 e. The first-order valence-corrected chi connectivity index (χ1v) is 5.92. The lowest BCUT2D eigenvalue weighted by Gasteiger charge is -2.18. The van der Waals surface area contributed by atoms with E-state index >= 15 is 0 Å². The van der Waals surface area contributed by atoms with Crippen LogP contribution in [0, 0.1) is 13.8 Å². The molecule has 17 heavy (non-hydrogen) atoms. The average Bonchev–Trinajstić information content (AvgIpc) is 2.29. The van der Waals surface area contributed by atoms with Crippen molar-refractivity contribution in [2.24, 2.45) is 0 Å². The van der Waals surface area contributed by atoms with Crippen LogP contribution in [-0.4, -0.2) is 29.7 Å². The summed E-state index contributed by atoms with van der Waals surface area (Å²) in [6, 6.07) is 5.51. The van der Waals surface area contributed by atoms with E-state index < -0.39 is 11.7 Å². The van der Waals surface area contributed by atoms with E-state index in [1.165, 1.54) is 0 Å². The summed E-state index contributed by atoms with van der Waals surface area (Å²) in [5, 5.41) is 0. The lowest BCUT2D eigenvalue weighted by atomic mass is 10.0. The molecule has 0 saturated carbocycles. The quantitative estimate of drug-likeness (QED) is 0.591. The molecule has 0 aliphatic carbocycles. The minimum absolute atomic E-state index is 0.411. The maximum Gasteiger partial charge on any atom is 0.294 e. The van der Waals surface area contributed by atoms with Gasteiger partial charge in [-0.1, -0.05) is 23.8 Å². The summed E-state index contributed by atoms with van der Waals surface area (Å²) in [5.41, 5.74) is 2.46. The molecule has 0 saturated heterocycles. The second-order valence-corrected chi connectivity index (χ2v) is 4.12. The highest BCUT2D eigenvalue weighted by atomic mass is 16.2. The van der Waals surface area contributed by atoms with Gasteiger partial charge in [-0.2, -0.15) is 0 Å². The predicted octanol–water partition coefficient (Wildman–Crippen LogP) is 2.35. The molecule has 3 heteroatoms. The molecule has 0 radical (unpaired) electrons. The van der Waals surface area contributed by atoms with Crippen molar-refractivity contribution in [1.82, 2.24) is 4.90 Å². The molecule has 1 rings (SSSR count). The van der Waals surface area contributed by atoms with Gasteiger partial charge in [-0.15, -0.1) is 0 Å². The number of rotatable bonds is 4. The number of ketones is 1. The summed E-state index contributed by atoms with van der Waals surface area (Å²) in [7, 11) is 0. The molecule has 0 aliphatic heterocycles. The number of carbonyl (C=O) groups excluding carboxylic acids is 2. The van der Waals surface area contributed by atoms with Gasteiger partial charge < -0.3 is 4.90 Å². The van der Waals surface area contributed by atoms with Crippen molar-refractivity contribution in [2.75, 3.05) is 13.1 Å². The molecule has 0 spiro atoms. The first kappa shape index (κ1) is 13.4. The Morgan fingerprint density at radius 1 is 1.12 bits per heavy atom. The first-order valence-electron chi connectivity index (χ1n) is 5.92. The highest BCUT2D eigenvalue weighted by Crippen LogP contribution is 2.12. The SMILES string of the molecule is CCN(CC)C(=O)C(=O)c1ccc(C)cc1C. The van der Waals surface area contributed by atoms with Crippen LogP contribution in [0.15, 0.2) is 18.2 Å². The average molecular weight is 233 g/mol. The third-order valence-electron chi connectivity index (χ3n) is 2.87. The van der Waals surface area contributed by atoms with Gasteiger partial charge in [0.05, 0.1) is 0 Å². The zero-order chi connectivity index (χ0) is 13.0. The molecule has 0 heterocycles. The Bertz CT molecular complexity index is 434. The van der Waals surface area contributed by atoms with Crippen LogP contribution in [0.1, 0.15) is 35.3 Å². The van der Waals surface area contributed by atoms with Crippen LogP contribution in [0.25, 0.3) is 0 Å². The van der Waals surface area contributed by atoms with E-state index in [1.807, 2.05) is 39.8 Å². The minimum atomic E-state index is -0.415. The van der Waals surface area contributed by atoms with Crippen LogP contribution in [-0.2, 0) is 4.79 Å². The maximum atomic E-state index is 12.0. The second-order valence-electron chi connectivity index (χ2n) is 4.12. The molecule has 0 unspecified atom stereocenters. The molecule has 3 nitrogen and oxygen atoms in total. The molecule has 1 amide bonds. The lowest BCUT2D eigenvalue weighted by molar-refractivity contribution is -0.126. The number of Topliss-reactive ketones (excluding diaryl/α,β-unsaturated/α-hetero) is 1. The number of nitrogens with zero attached hydrogens (tertiary/aromatic N) is 1. The predicted molar refractivity (Wildman–Crippen MR) is 68.2 cm³/mol. The summed E-state index contributed by atoms with van der Waals surface area (Å²) in [5.74, 6) is -0.826. The number of carbonyl (C=O) groups is 2. The van der Waals surface area contributed by atoms with Gasteiger partial charge in [0.2, 0.25) is 0 Å². The van der Waals surface area contributed by atoms with Crippen LogP contribution >= 0.6 is 0 Å². The lowest BCUT2D eigenvalue weighted by Crippen LogP contribution is -2.36. The number of aryl methyl sites for hydroxylation is 2. The van der Waals surface area contributed by atoms with Gasteiger partial charge in [-0.25, -0.2) is 0 Å². The Morgan fingerprint density at radius 3 is 2.18 bits per heavy atom. The Labute approximate surface area is 102 Å². The molecule has 92 valence electrons. The van der Waals surface area contributed by atoms with E-state index in [4.69, 9.17) is 0 Å². The monoisotopic (exact) mass is 233 g/mol. The molecule has 0 bridgehead atoms. The van der Waals surface area contributed by atoms with Crippen LogP contribution in [0.2, 0.25) is 0 Å². The Hall–Kier alpha value is -1.64. The summed E-state index contributed by atoms with van der Waals surface area (Å²) >= 11 is 0. The minimum Gasteiger partial charge on any atom is -0.336 e. The largest absolute Gasteiger partial charge is 0.336 e. The molecule has 0 fully saturated rings. The number of benzene rings is 1. The third-order valence-corrected chi connectivity index (χ3v) is 2.87.